The normalized spacial score (nSPS) is 15.3. The molecule has 0 radical (unpaired) electrons. The SMILES string of the molecule is Cc1c(-c2c(F)cc(C(N)=O)c3[nH]c4cc(C(C)(C)O)ccc4c23)cccc1N1C(=O)c2cccc(F)c2NC1O. The molecule has 1 aliphatic rings. The number of aromatic amines is 1. The molecular formula is C31H26F2N4O4. The van der Waals surface area contributed by atoms with Crippen LogP contribution in [0.1, 0.15) is 45.7 Å². The van der Waals surface area contributed by atoms with Gasteiger partial charge in [-0.3, -0.25) is 14.5 Å². The van der Waals surface area contributed by atoms with Gasteiger partial charge in [0.05, 0.1) is 33.6 Å². The van der Waals surface area contributed by atoms with E-state index in [4.69, 9.17) is 5.73 Å². The molecule has 1 atom stereocenters. The van der Waals surface area contributed by atoms with Crippen LogP contribution in [0.5, 0.6) is 0 Å². The number of hydrogen-bond acceptors (Lipinski definition) is 5. The highest BCUT2D eigenvalue weighted by Crippen LogP contribution is 2.43. The molecule has 0 saturated heterocycles. The van der Waals surface area contributed by atoms with Gasteiger partial charge in [0.1, 0.15) is 11.6 Å². The molecule has 0 fully saturated rings. The summed E-state index contributed by atoms with van der Waals surface area (Å²) in [4.78, 5) is 30.0. The molecule has 0 saturated carbocycles. The summed E-state index contributed by atoms with van der Waals surface area (Å²) in [6.45, 7) is 4.97. The Morgan fingerprint density at radius 1 is 1.02 bits per heavy atom. The van der Waals surface area contributed by atoms with E-state index in [9.17, 15) is 24.2 Å². The largest absolute Gasteiger partial charge is 0.386 e. The molecule has 0 spiro atoms. The minimum absolute atomic E-state index is 0.0405. The molecule has 6 rings (SSSR count). The van der Waals surface area contributed by atoms with E-state index >= 15 is 4.39 Å². The second kappa shape index (κ2) is 9.12. The average Bonchev–Trinajstić information content (AvgIpc) is 3.28. The molecule has 1 aromatic heterocycles. The van der Waals surface area contributed by atoms with Crippen molar-refractivity contribution in [2.75, 3.05) is 10.2 Å². The van der Waals surface area contributed by atoms with Crippen LogP contribution >= 0.6 is 0 Å². The van der Waals surface area contributed by atoms with Crippen molar-refractivity contribution in [3.05, 3.63) is 94.6 Å². The third-order valence-corrected chi connectivity index (χ3v) is 7.61. The van der Waals surface area contributed by atoms with Gasteiger partial charge in [0.25, 0.3) is 11.8 Å². The standard InChI is InChI=1S/C31H26F2N4O4/c1-14-16(6-5-9-23(14)37-29(39)18-7-4-8-20(32)26(18)36-30(37)40)24-21(33)13-19(28(34)38)27-25(24)17-11-10-15(31(2,3)41)12-22(17)35-27/h4-13,30,35-36,40-41H,1-3H3,(H2,34,38). The number of aliphatic hydroxyl groups excluding tert-OH is 1. The Kier molecular flexibility index (Phi) is 5.88. The number of benzene rings is 4. The first kappa shape index (κ1) is 26.4. The van der Waals surface area contributed by atoms with Crippen LogP contribution < -0.4 is 16.0 Å². The molecule has 6 N–H and O–H groups in total. The van der Waals surface area contributed by atoms with Crippen LogP contribution in [0.2, 0.25) is 0 Å². The van der Waals surface area contributed by atoms with E-state index in [-0.39, 0.29) is 28.1 Å². The third-order valence-electron chi connectivity index (χ3n) is 7.61. The van der Waals surface area contributed by atoms with Gasteiger partial charge in [-0.05, 0) is 67.8 Å². The molecular weight excluding hydrogens is 530 g/mol. The molecule has 1 unspecified atom stereocenters. The highest BCUT2D eigenvalue weighted by atomic mass is 19.1. The highest BCUT2D eigenvalue weighted by molar-refractivity contribution is 6.20. The smallest absolute Gasteiger partial charge is 0.264 e. The molecule has 1 aliphatic heterocycles. The topological polar surface area (TPSA) is 132 Å². The number of amides is 2. The summed E-state index contributed by atoms with van der Waals surface area (Å²) >= 11 is 0. The second-order valence-electron chi connectivity index (χ2n) is 10.6. The summed E-state index contributed by atoms with van der Waals surface area (Å²) in [6, 6.07) is 15.2. The van der Waals surface area contributed by atoms with Crippen LogP contribution in [0.4, 0.5) is 20.2 Å². The van der Waals surface area contributed by atoms with Crippen LogP contribution in [0.3, 0.4) is 0 Å². The zero-order valence-electron chi connectivity index (χ0n) is 22.3. The van der Waals surface area contributed by atoms with Crippen molar-refractivity contribution in [3.8, 4) is 11.1 Å². The van der Waals surface area contributed by atoms with Crippen molar-refractivity contribution in [3.63, 3.8) is 0 Å². The van der Waals surface area contributed by atoms with E-state index in [1.165, 1.54) is 18.2 Å². The van der Waals surface area contributed by atoms with Crippen molar-refractivity contribution >= 4 is 45.0 Å². The lowest BCUT2D eigenvalue weighted by molar-refractivity contribution is 0.0786. The van der Waals surface area contributed by atoms with Gasteiger partial charge in [0.2, 0.25) is 6.35 Å². The summed E-state index contributed by atoms with van der Waals surface area (Å²) in [5, 5.41) is 25.0. The van der Waals surface area contributed by atoms with E-state index in [2.05, 4.69) is 10.3 Å². The van der Waals surface area contributed by atoms with E-state index in [0.29, 0.717) is 38.5 Å². The molecule has 0 bridgehead atoms. The Balaban J connectivity index is 1.60. The zero-order chi connectivity index (χ0) is 29.4. The Bertz CT molecular complexity index is 1930. The van der Waals surface area contributed by atoms with Crippen LogP contribution in [0.25, 0.3) is 32.9 Å². The molecule has 8 nitrogen and oxygen atoms in total. The van der Waals surface area contributed by atoms with Crippen LogP contribution in [-0.4, -0.2) is 33.4 Å². The predicted octanol–water partition coefficient (Wildman–Crippen LogP) is 5.25. The molecule has 41 heavy (non-hydrogen) atoms. The molecule has 2 heterocycles. The van der Waals surface area contributed by atoms with Crippen molar-refractivity contribution < 1.29 is 28.6 Å². The van der Waals surface area contributed by atoms with Gasteiger partial charge in [0, 0.05) is 21.9 Å². The maximum absolute atomic E-state index is 16.0. The molecule has 0 aliphatic carbocycles. The summed E-state index contributed by atoms with van der Waals surface area (Å²) in [6.07, 6.45) is -1.59. The summed E-state index contributed by atoms with van der Waals surface area (Å²) in [5.74, 6) is -2.84. The van der Waals surface area contributed by atoms with Gasteiger partial charge in [-0.1, -0.05) is 30.3 Å². The number of rotatable bonds is 4. The number of fused-ring (bicyclic) bond motifs is 4. The van der Waals surface area contributed by atoms with Gasteiger partial charge in [-0.2, -0.15) is 0 Å². The number of aromatic nitrogens is 1. The van der Waals surface area contributed by atoms with Gasteiger partial charge in [0.15, 0.2) is 0 Å². The Labute approximate surface area is 233 Å². The highest BCUT2D eigenvalue weighted by Gasteiger charge is 2.35. The predicted molar refractivity (Wildman–Crippen MR) is 153 cm³/mol. The zero-order valence-corrected chi connectivity index (χ0v) is 22.3. The first-order valence-electron chi connectivity index (χ1n) is 12.9. The number of para-hydroxylation sites is 1. The minimum atomic E-state index is -1.59. The quantitative estimate of drug-likeness (QED) is 0.206. The Morgan fingerprint density at radius 2 is 1.73 bits per heavy atom. The summed E-state index contributed by atoms with van der Waals surface area (Å²) in [5.41, 5.74) is 7.15. The van der Waals surface area contributed by atoms with Crippen molar-refractivity contribution in [1.82, 2.24) is 4.98 Å². The number of carbonyl (C=O) groups excluding carboxylic acids is 2. The molecule has 4 aromatic carbocycles. The molecule has 208 valence electrons. The van der Waals surface area contributed by atoms with Crippen molar-refractivity contribution in [1.29, 1.82) is 0 Å². The Hall–Kier alpha value is -4.80. The van der Waals surface area contributed by atoms with E-state index < -0.39 is 35.4 Å². The van der Waals surface area contributed by atoms with E-state index in [0.717, 1.165) is 11.0 Å². The van der Waals surface area contributed by atoms with Crippen LogP contribution in [0.15, 0.2) is 60.7 Å². The molecule has 10 heteroatoms. The van der Waals surface area contributed by atoms with Gasteiger partial charge < -0.3 is 26.2 Å². The number of H-pyrrole nitrogens is 1. The lowest BCUT2D eigenvalue weighted by Crippen LogP contribution is -2.49. The number of primary amides is 1. The van der Waals surface area contributed by atoms with E-state index in [1.807, 2.05) is 0 Å². The lowest BCUT2D eigenvalue weighted by Gasteiger charge is -2.35. The third kappa shape index (κ3) is 4.02. The number of nitrogens with two attached hydrogens (primary N) is 1. The lowest BCUT2D eigenvalue weighted by atomic mass is 9.91. The van der Waals surface area contributed by atoms with Crippen LogP contribution in [0, 0.1) is 18.6 Å². The maximum Gasteiger partial charge on any atom is 0.264 e. The Morgan fingerprint density at radius 3 is 2.44 bits per heavy atom. The number of aliphatic hydroxyl groups is 2. The van der Waals surface area contributed by atoms with Crippen molar-refractivity contribution in [2.45, 2.75) is 32.7 Å². The monoisotopic (exact) mass is 556 g/mol. The summed E-state index contributed by atoms with van der Waals surface area (Å²) < 4.78 is 30.3. The maximum atomic E-state index is 16.0. The van der Waals surface area contributed by atoms with E-state index in [1.54, 1.807) is 57.2 Å². The first-order valence-corrected chi connectivity index (χ1v) is 12.9. The number of hydrogen-bond donors (Lipinski definition) is 5. The fourth-order valence-corrected chi connectivity index (χ4v) is 5.57. The van der Waals surface area contributed by atoms with Crippen LogP contribution in [-0.2, 0) is 5.60 Å². The average molecular weight is 557 g/mol. The van der Waals surface area contributed by atoms with Gasteiger partial charge in [-0.15, -0.1) is 0 Å². The first-order chi connectivity index (χ1) is 19.4. The summed E-state index contributed by atoms with van der Waals surface area (Å²) in [7, 11) is 0. The number of anilines is 2. The minimum Gasteiger partial charge on any atom is -0.386 e. The fourth-order valence-electron chi connectivity index (χ4n) is 5.57. The molecule has 5 aromatic rings. The molecule has 2 amide bonds. The van der Waals surface area contributed by atoms with Gasteiger partial charge in [-0.25, -0.2) is 8.78 Å². The number of nitrogens with one attached hydrogen (secondary N) is 2. The van der Waals surface area contributed by atoms with Crippen molar-refractivity contribution in [2.24, 2.45) is 5.73 Å². The fraction of sp³-hybridized carbons (Fsp3) is 0.161. The number of nitrogens with zero attached hydrogens (tertiary/aromatic N) is 1. The number of carbonyl (C=O) groups is 2. The number of halogens is 2. The second-order valence-corrected chi connectivity index (χ2v) is 10.6. The van der Waals surface area contributed by atoms with Gasteiger partial charge >= 0.3 is 0 Å².